The summed E-state index contributed by atoms with van der Waals surface area (Å²) in [5.41, 5.74) is 0. The van der Waals surface area contributed by atoms with Crippen LogP contribution < -0.4 is 10.4 Å². The maximum Gasteiger partial charge on any atom is 0.0806 e. The predicted molar refractivity (Wildman–Crippen MR) is 136 cm³/mol. The van der Waals surface area contributed by atoms with Crippen molar-refractivity contribution in [2.75, 3.05) is 10.3 Å². The van der Waals surface area contributed by atoms with Crippen LogP contribution in [0.4, 0.5) is 0 Å². The molecule has 26 heavy (non-hydrogen) atoms. The van der Waals surface area contributed by atoms with E-state index >= 15 is 0 Å². The van der Waals surface area contributed by atoms with Crippen LogP contribution in [0.25, 0.3) is 0 Å². The van der Waals surface area contributed by atoms with Gasteiger partial charge in [-0.05, 0) is 17.3 Å². The lowest BCUT2D eigenvalue weighted by atomic mass is 10.4. The SMILES string of the molecule is C[Si](C)(CCCCl)c1ccccc1.C[Si](C)(CCCI)c1ccccc1. The zero-order valence-electron chi connectivity index (χ0n) is 16.8. The van der Waals surface area contributed by atoms with Crippen LogP contribution >= 0.6 is 34.2 Å². The normalized spacial score (nSPS) is 11.6. The van der Waals surface area contributed by atoms with E-state index in [4.69, 9.17) is 11.6 Å². The Bertz CT molecular complexity index is 545. The minimum atomic E-state index is -1.18. The summed E-state index contributed by atoms with van der Waals surface area (Å²) in [6.45, 7) is 9.76. The van der Waals surface area contributed by atoms with E-state index in [0.717, 1.165) is 12.3 Å². The molecule has 0 spiro atoms. The maximum atomic E-state index is 5.72. The summed E-state index contributed by atoms with van der Waals surface area (Å²) in [5, 5.41) is 3.14. The summed E-state index contributed by atoms with van der Waals surface area (Å²) >= 11 is 8.19. The third kappa shape index (κ3) is 8.72. The Kier molecular flexibility index (Phi) is 11.4. The Morgan fingerprint density at radius 1 is 0.692 bits per heavy atom. The number of halogens is 2. The van der Waals surface area contributed by atoms with Crippen LogP contribution in [0.2, 0.25) is 38.3 Å². The molecule has 0 fully saturated rings. The standard InChI is InChI=1S/C11H17ClSi.C11H17ISi/c2*1-13(2,10-6-9-12)11-7-4-3-5-8-11/h2*3-5,7-8H,6,9-10H2,1-2H3. The molecule has 2 aromatic rings. The van der Waals surface area contributed by atoms with Crippen LogP contribution in [0.1, 0.15) is 12.8 Å². The molecule has 2 rings (SSSR count). The highest BCUT2D eigenvalue weighted by molar-refractivity contribution is 14.1. The first kappa shape index (κ1) is 23.9. The van der Waals surface area contributed by atoms with Gasteiger partial charge < -0.3 is 0 Å². The molecule has 0 saturated heterocycles. The molecule has 0 nitrogen and oxygen atoms in total. The highest BCUT2D eigenvalue weighted by Gasteiger charge is 2.22. The Balaban J connectivity index is 0.000000260. The number of hydrogen-bond acceptors (Lipinski definition) is 0. The van der Waals surface area contributed by atoms with Crippen LogP contribution in [0.5, 0.6) is 0 Å². The lowest BCUT2D eigenvalue weighted by Crippen LogP contribution is -2.40. The predicted octanol–water partition coefficient (Wildman–Crippen LogP) is 6.66. The molecule has 0 aliphatic heterocycles. The van der Waals surface area contributed by atoms with Gasteiger partial charge in [0, 0.05) is 5.88 Å². The van der Waals surface area contributed by atoms with E-state index in [0.29, 0.717) is 0 Å². The van der Waals surface area contributed by atoms with Gasteiger partial charge in [0.05, 0.1) is 16.1 Å². The minimum absolute atomic E-state index is 0.795. The highest BCUT2D eigenvalue weighted by Crippen LogP contribution is 2.13. The second-order valence-electron chi connectivity index (χ2n) is 8.08. The van der Waals surface area contributed by atoms with Gasteiger partial charge in [0.25, 0.3) is 0 Å². The van der Waals surface area contributed by atoms with E-state index in [9.17, 15) is 0 Å². The van der Waals surface area contributed by atoms with Crippen molar-refractivity contribution in [1.29, 1.82) is 0 Å². The topological polar surface area (TPSA) is 0 Å². The van der Waals surface area contributed by atoms with Crippen molar-refractivity contribution in [3.8, 4) is 0 Å². The third-order valence-electron chi connectivity index (χ3n) is 4.98. The zero-order chi connectivity index (χ0) is 19.5. The number of hydrogen-bond donors (Lipinski definition) is 0. The first-order chi connectivity index (χ1) is 12.3. The van der Waals surface area contributed by atoms with Crippen molar-refractivity contribution in [2.45, 2.75) is 51.1 Å². The molecule has 4 heteroatoms. The first-order valence-corrected chi connectivity index (χ1v) is 18.0. The Morgan fingerprint density at radius 3 is 1.42 bits per heavy atom. The molecule has 0 aromatic heterocycles. The fraction of sp³-hybridized carbons (Fsp3) is 0.455. The van der Waals surface area contributed by atoms with E-state index in [2.05, 4.69) is 109 Å². The molecule has 2 aromatic carbocycles. The minimum Gasteiger partial charge on any atom is -0.127 e. The number of benzene rings is 2. The molecule has 0 heterocycles. The van der Waals surface area contributed by atoms with Crippen molar-refractivity contribution in [1.82, 2.24) is 0 Å². The molecular weight excluding hydrogens is 483 g/mol. The van der Waals surface area contributed by atoms with Crippen LogP contribution in [-0.2, 0) is 0 Å². The van der Waals surface area contributed by atoms with Crippen molar-refractivity contribution in [3.63, 3.8) is 0 Å². The molecule has 0 bridgehead atoms. The van der Waals surface area contributed by atoms with Gasteiger partial charge in [-0.15, -0.1) is 11.6 Å². The van der Waals surface area contributed by atoms with Crippen molar-refractivity contribution >= 4 is 60.7 Å². The third-order valence-corrected chi connectivity index (χ3v) is 13.0. The molecular formula is C22H34ClISi2. The zero-order valence-corrected chi connectivity index (χ0v) is 21.7. The molecule has 144 valence electrons. The number of alkyl halides is 2. The largest absolute Gasteiger partial charge is 0.127 e. The van der Waals surface area contributed by atoms with Crippen LogP contribution in [0, 0.1) is 0 Å². The smallest absolute Gasteiger partial charge is 0.0806 e. The summed E-state index contributed by atoms with van der Waals surface area (Å²) in [5.74, 6) is 0.795. The molecule has 0 saturated carbocycles. The second kappa shape index (κ2) is 12.4. The van der Waals surface area contributed by atoms with E-state index in [-0.39, 0.29) is 0 Å². The van der Waals surface area contributed by atoms with Crippen molar-refractivity contribution < 1.29 is 0 Å². The molecule has 0 amide bonds. The van der Waals surface area contributed by atoms with Crippen molar-refractivity contribution in [3.05, 3.63) is 60.7 Å². The van der Waals surface area contributed by atoms with Gasteiger partial charge in [0.15, 0.2) is 0 Å². The number of rotatable bonds is 8. The Labute approximate surface area is 181 Å². The lowest BCUT2D eigenvalue weighted by molar-refractivity contribution is 1.06. The Hall–Kier alpha value is -0.106. The van der Waals surface area contributed by atoms with Crippen LogP contribution in [0.15, 0.2) is 60.7 Å². The fourth-order valence-electron chi connectivity index (χ4n) is 3.08. The van der Waals surface area contributed by atoms with E-state index in [1.807, 2.05) is 0 Å². The van der Waals surface area contributed by atoms with E-state index in [1.54, 1.807) is 10.4 Å². The molecule has 0 aliphatic rings. The maximum absolute atomic E-state index is 5.72. The summed E-state index contributed by atoms with van der Waals surface area (Å²) in [7, 11) is -2.29. The lowest BCUT2D eigenvalue weighted by Gasteiger charge is -2.22. The fourth-order valence-corrected chi connectivity index (χ4v) is 9.43. The molecule has 0 atom stereocenters. The molecule has 0 aliphatic carbocycles. The molecule has 0 radical (unpaired) electrons. The summed E-state index contributed by atoms with van der Waals surface area (Å²) in [4.78, 5) is 0. The van der Waals surface area contributed by atoms with Gasteiger partial charge in [-0.2, -0.15) is 0 Å². The van der Waals surface area contributed by atoms with E-state index < -0.39 is 16.1 Å². The summed E-state index contributed by atoms with van der Waals surface area (Å²) < 4.78 is 1.29. The summed E-state index contributed by atoms with van der Waals surface area (Å²) in [6.07, 6.45) is 2.52. The average molecular weight is 517 g/mol. The Morgan fingerprint density at radius 2 is 1.08 bits per heavy atom. The van der Waals surface area contributed by atoms with Gasteiger partial charge in [-0.25, -0.2) is 0 Å². The van der Waals surface area contributed by atoms with Crippen LogP contribution in [0.3, 0.4) is 0 Å². The quantitative estimate of drug-likeness (QED) is 0.209. The monoisotopic (exact) mass is 516 g/mol. The van der Waals surface area contributed by atoms with Crippen molar-refractivity contribution in [2.24, 2.45) is 0 Å². The van der Waals surface area contributed by atoms with Gasteiger partial charge in [0.1, 0.15) is 0 Å². The van der Waals surface area contributed by atoms with Crippen LogP contribution in [-0.4, -0.2) is 26.5 Å². The first-order valence-electron chi connectivity index (χ1n) is 9.56. The van der Waals surface area contributed by atoms with Gasteiger partial charge >= 0.3 is 0 Å². The van der Waals surface area contributed by atoms with Gasteiger partial charge in [-0.1, -0.05) is 132 Å². The molecule has 0 N–H and O–H groups in total. The van der Waals surface area contributed by atoms with E-state index in [1.165, 1.54) is 22.9 Å². The highest BCUT2D eigenvalue weighted by atomic mass is 127. The summed E-state index contributed by atoms with van der Waals surface area (Å²) in [6, 6.07) is 24.6. The van der Waals surface area contributed by atoms with Gasteiger partial charge in [0.2, 0.25) is 0 Å². The second-order valence-corrected chi connectivity index (χ2v) is 19.2. The molecule has 0 unspecified atom stereocenters. The average Bonchev–Trinajstić information content (AvgIpc) is 2.67. The van der Waals surface area contributed by atoms with Gasteiger partial charge in [-0.3, -0.25) is 0 Å².